The summed E-state index contributed by atoms with van der Waals surface area (Å²) in [6, 6.07) is 0. The zero-order valence-electron chi connectivity index (χ0n) is 30.3. The number of hydrogen-bond acceptors (Lipinski definition) is 6. The minimum atomic E-state index is -4.10. The molecule has 2 unspecified atom stereocenters. The molecule has 0 N–H and O–H groups in total. The molecule has 0 aromatic heterocycles. The molecule has 0 aliphatic carbocycles. The van der Waals surface area contributed by atoms with Gasteiger partial charge in [0, 0.05) is 10.5 Å². The summed E-state index contributed by atoms with van der Waals surface area (Å²) in [5, 5.41) is -1.29. The summed E-state index contributed by atoms with van der Waals surface area (Å²) >= 11 is 0. The van der Waals surface area contributed by atoms with Gasteiger partial charge >= 0.3 is 48.9 Å². The van der Waals surface area contributed by atoms with Gasteiger partial charge in [-0.25, -0.2) is 16.8 Å². The standard InChI is InChI=1S/2C18H38O3S.Ba/c2*1-3-5-7-8-9-10-11-12-13-14-15-17-18(16-6-4-2)22(19,20)21;/h2*18H,3-17H2,1-2H3,(H,19,20,21);/q;;+2/p-2. The van der Waals surface area contributed by atoms with E-state index in [1.54, 1.807) is 0 Å². The fraction of sp³-hybridized carbons (Fsp3) is 1.00. The summed E-state index contributed by atoms with van der Waals surface area (Å²) in [5.41, 5.74) is 0. The van der Waals surface area contributed by atoms with Gasteiger partial charge in [-0.15, -0.1) is 0 Å². The van der Waals surface area contributed by atoms with Gasteiger partial charge in [-0.2, -0.15) is 0 Å². The average molecular weight is 804 g/mol. The molecule has 268 valence electrons. The van der Waals surface area contributed by atoms with Crippen LogP contribution in [0.5, 0.6) is 0 Å². The fourth-order valence-corrected chi connectivity index (χ4v) is 7.62. The topological polar surface area (TPSA) is 114 Å². The van der Waals surface area contributed by atoms with E-state index in [0.29, 0.717) is 25.7 Å². The number of rotatable bonds is 32. The second-order valence-corrected chi connectivity index (χ2v) is 16.5. The molecule has 0 heterocycles. The molecule has 2 atom stereocenters. The van der Waals surface area contributed by atoms with Crippen LogP contribution in [0.15, 0.2) is 0 Å². The molecule has 0 saturated heterocycles. The smallest absolute Gasteiger partial charge is 0.748 e. The average Bonchev–Trinajstić information content (AvgIpc) is 2.96. The molecule has 45 heavy (non-hydrogen) atoms. The first-order valence-electron chi connectivity index (χ1n) is 18.9. The van der Waals surface area contributed by atoms with Crippen LogP contribution in [0.4, 0.5) is 0 Å². The molecule has 6 nitrogen and oxygen atoms in total. The van der Waals surface area contributed by atoms with Crippen LogP contribution in [0.25, 0.3) is 0 Å². The molecule has 0 aromatic rings. The van der Waals surface area contributed by atoms with E-state index in [0.717, 1.165) is 51.4 Å². The molecule has 0 aliphatic heterocycles. The van der Waals surface area contributed by atoms with Crippen molar-refractivity contribution in [3.05, 3.63) is 0 Å². The van der Waals surface area contributed by atoms with E-state index in [4.69, 9.17) is 0 Å². The van der Waals surface area contributed by atoms with Crippen molar-refractivity contribution in [1.82, 2.24) is 0 Å². The molecule has 0 aliphatic rings. The van der Waals surface area contributed by atoms with Crippen molar-refractivity contribution in [3.63, 3.8) is 0 Å². The van der Waals surface area contributed by atoms with E-state index in [9.17, 15) is 25.9 Å². The molecule has 0 fully saturated rings. The van der Waals surface area contributed by atoms with Crippen LogP contribution in [0, 0.1) is 0 Å². The second kappa shape index (κ2) is 36.7. The van der Waals surface area contributed by atoms with Gasteiger partial charge in [-0.05, 0) is 25.7 Å². The Kier molecular flexibility index (Phi) is 41.4. The Morgan fingerprint density at radius 1 is 0.333 bits per heavy atom. The summed E-state index contributed by atoms with van der Waals surface area (Å²) < 4.78 is 67.2. The van der Waals surface area contributed by atoms with Crippen molar-refractivity contribution in [2.24, 2.45) is 0 Å². The zero-order valence-corrected chi connectivity index (χ0v) is 36.4. The Morgan fingerprint density at radius 3 is 0.711 bits per heavy atom. The van der Waals surface area contributed by atoms with Crippen molar-refractivity contribution in [1.29, 1.82) is 0 Å². The summed E-state index contributed by atoms with van der Waals surface area (Å²) in [6.07, 6.45) is 33.3. The van der Waals surface area contributed by atoms with E-state index in [2.05, 4.69) is 13.8 Å². The quantitative estimate of drug-likeness (QED) is 0.0380. The molecule has 0 amide bonds. The third kappa shape index (κ3) is 38.1. The van der Waals surface area contributed by atoms with E-state index in [1.807, 2.05) is 13.8 Å². The summed E-state index contributed by atoms with van der Waals surface area (Å²) in [6.45, 7) is 8.53. The van der Waals surface area contributed by atoms with Gasteiger partial charge in [-0.1, -0.05) is 195 Å². The van der Waals surface area contributed by atoms with Crippen LogP contribution in [-0.2, 0) is 20.2 Å². The zero-order chi connectivity index (χ0) is 33.4. The van der Waals surface area contributed by atoms with Crippen molar-refractivity contribution in [2.75, 3.05) is 0 Å². The molecule has 0 rings (SSSR count). The van der Waals surface area contributed by atoms with Crippen LogP contribution >= 0.6 is 0 Å². The Morgan fingerprint density at radius 2 is 0.511 bits per heavy atom. The molecule has 0 bridgehead atoms. The normalized spacial score (nSPS) is 13.1. The van der Waals surface area contributed by atoms with Gasteiger partial charge < -0.3 is 9.11 Å². The van der Waals surface area contributed by atoms with E-state index >= 15 is 0 Å². The number of unbranched alkanes of at least 4 members (excludes halogenated alkanes) is 22. The van der Waals surface area contributed by atoms with Crippen LogP contribution in [0.3, 0.4) is 0 Å². The van der Waals surface area contributed by atoms with Gasteiger partial charge in [0.1, 0.15) is 0 Å². The molecule has 0 aromatic carbocycles. The Labute approximate surface area is 322 Å². The molecule has 0 spiro atoms. The predicted molar refractivity (Wildman–Crippen MR) is 194 cm³/mol. The van der Waals surface area contributed by atoms with E-state index < -0.39 is 30.7 Å². The first-order valence-corrected chi connectivity index (χ1v) is 21.9. The first-order chi connectivity index (χ1) is 21.0. The van der Waals surface area contributed by atoms with E-state index in [-0.39, 0.29) is 48.9 Å². The van der Waals surface area contributed by atoms with Gasteiger partial charge in [0.25, 0.3) is 0 Å². The summed E-state index contributed by atoms with van der Waals surface area (Å²) in [7, 11) is -8.20. The Balaban J connectivity index is -0.000000767. The van der Waals surface area contributed by atoms with Crippen LogP contribution < -0.4 is 0 Å². The summed E-state index contributed by atoms with van der Waals surface area (Å²) in [5.74, 6) is 0. The second-order valence-electron chi connectivity index (χ2n) is 13.2. The van der Waals surface area contributed by atoms with Gasteiger partial charge in [0.2, 0.25) is 0 Å². The molecular formula is C36H74BaO6S2. The largest absolute Gasteiger partial charge is 2.00 e. The van der Waals surface area contributed by atoms with Crippen molar-refractivity contribution < 1.29 is 25.9 Å². The van der Waals surface area contributed by atoms with Crippen molar-refractivity contribution in [3.8, 4) is 0 Å². The minimum Gasteiger partial charge on any atom is -0.748 e. The number of hydrogen-bond donors (Lipinski definition) is 0. The van der Waals surface area contributed by atoms with Crippen LogP contribution in [0.2, 0.25) is 0 Å². The van der Waals surface area contributed by atoms with E-state index in [1.165, 1.54) is 116 Å². The van der Waals surface area contributed by atoms with Crippen LogP contribution in [0.1, 0.15) is 220 Å². The maximum Gasteiger partial charge on any atom is 2.00 e. The maximum absolute atomic E-state index is 11.2. The third-order valence-corrected chi connectivity index (χ3v) is 11.4. The van der Waals surface area contributed by atoms with Crippen molar-refractivity contribution >= 4 is 69.1 Å². The SMILES string of the molecule is CCCCCCCCCCCCCC(CCCC)S(=O)(=O)[O-].CCCCCCCCCCCCCC(CCCC)S(=O)(=O)[O-].[Ba+2]. The van der Waals surface area contributed by atoms with Crippen molar-refractivity contribution in [2.45, 2.75) is 231 Å². The fourth-order valence-electron chi connectivity index (χ4n) is 5.80. The third-order valence-electron chi connectivity index (χ3n) is 8.84. The van der Waals surface area contributed by atoms with Gasteiger partial charge in [0.05, 0.1) is 20.2 Å². The maximum atomic E-state index is 11.2. The van der Waals surface area contributed by atoms with Gasteiger partial charge in [-0.3, -0.25) is 0 Å². The van der Waals surface area contributed by atoms with Gasteiger partial charge in [0.15, 0.2) is 0 Å². The van der Waals surface area contributed by atoms with Crippen LogP contribution in [-0.4, -0.2) is 85.3 Å². The molecular weight excluding hydrogens is 730 g/mol. The Bertz CT molecular complexity index is 723. The molecule has 0 saturated carbocycles. The first kappa shape index (κ1) is 50.8. The molecule has 9 heteroatoms. The summed E-state index contributed by atoms with van der Waals surface area (Å²) in [4.78, 5) is 0. The Hall–Kier alpha value is 1.39. The minimum absolute atomic E-state index is 0. The molecule has 0 radical (unpaired) electrons. The predicted octanol–water partition coefficient (Wildman–Crippen LogP) is 11.2. The monoisotopic (exact) mass is 804 g/mol.